The minimum atomic E-state index is 0.327. The Balaban J connectivity index is 2.16. The summed E-state index contributed by atoms with van der Waals surface area (Å²) in [7, 11) is 0. The van der Waals surface area contributed by atoms with Gasteiger partial charge in [-0.05, 0) is 30.4 Å². The summed E-state index contributed by atoms with van der Waals surface area (Å²) in [5, 5.41) is 0. The van der Waals surface area contributed by atoms with E-state index in [4.69, 9.17) is 5.73 Å². The number of benzene rings is 1. The Labute approximate surface area is 97.6 Å². The van der Waals surface area contributed by atoms with Crippen molar-refractivity contribution in [3.63, 3.8) is 0 Å². The first kappa shape index (κ1) is 10.5. The van der Waals surface area contributed by atoms with Gasteiger partial charge in [0, 0.05) is 21.7 Å². The van der Waals surface area contributed by atoms with Crippen molar-refractivity contribution in [3.05, 3.63) is 34.3 Å². The maximum atomic E-state index is 5.81. The zero-order valence-corrected chi connectivity index (χ0v) is 10.6. The molecule has 2 rings (SSSR count). The van der Waals surface area contributed by atoms with Gasteiger partial charge in [-0.25, -0.2) is 0 Å². The van der Waals surface area contributed by atoms with Crippen LogP contribution in [0.1, 0.15) is 17.9 Å². The van der Waals surface area contributed by atoms with Gasteiger partial charge < -0.3 is 5.73 Å². The van der Waals surface area contributed by atoms with Crippen molar-refractivity contribution in [2.45, 2.75) is 17.1 Å². The van der Waals surface area contributed by atoms with Crippen molar-refractivity contribution in [1.82, 2.24) is 0 Å². The monoisotopic (exact) mass is 271 g/mol. The predicted octanol–water partition coefficient (Wildman–Crippen LogP) is 3.00. The molecule has 1 aromatic carbocycles. The predicted molar refractivity (Wildman–Crippen MR) is 66.8 cm³/mol. The van der Waals surface area contributed by atoms with E-state index in [1.165, 1.54) is 12.0 Å². The fourth-order valence-corrected chi connectivity index (χ4v) is 3.12. The van der Waals surface area contributed by atoms with Crippen molar-refractivity contribution < 1.29 is 0 Å². The van der Waals surface area contributed by atoms with E-state index in [2.05, 4.69) is 46.5 Å². The third kappa shape index (κ3) is 1.73. The van der Waals surface area contributed by atoms with E-state index in [0.717, 1.165) is 11.0 Å². The lowest BCUT2D eigenvalue weighted by Gasteiger charge is -2.11. The van der Waals surface area contributed by atoms with Gasteiger partial charge in [0.2, 0.25) is 0 Å². The molecule has 0 aliphatic heterocycles. The molecule has 0 heterocycles. The Morgan fingerprint density at radius 2 is 2.14 bits per heavy atom. The summed E-state index contributed by atoms with van der Waals surface area (Å²) in [5.41, 5.74) is 7.23. The topological polar surface area (TPSA) is 26.0 Å². The first-order valence-corrected chi connectivity index (χ1v) is 6.74. The smallest absolute Gasteiger partial charge is 0.0354 e. The molecule has 0 bridgehead atoms. The first-order valence-electron chi connectivity index (χ1n) is 4.72. The lowest BCUT2D eigenvalue weighted by molar-refractivity contribution is 0.863. The molecule has 1 aliphatic rings. The second kappa shape index (κ2) is 3.87. The van der Waals surface area contributed by atoms with Crippen LogP contribution in [0.4, 0.5) is 0 Å². The van der Waals surface area contributed by atoms with Crippen molar-refractivity contribution >= 4 is 27.7 Å². The summed E-state index contributed by atoms with van der Waals surface area (Å²) in [6.07, 6.45) is 3.39. The average molecular weight is 272 g/mol. The quantitative estimate of drug-likeness (QED) is 0.915. The molecule has 0 saturated heterocycles. The number of rotatable bonds is 3. The van der Waals surface area contributed by atoms with Crippen LogP contribution in [0.15, 0.2) is 28.7 Å². The molecule has 1 saturated carbocycles. The molecule has 0 aromatic heterocycles. The van der Waals surface area contributed by atoms with Crippen LogP contribution < -0.4 is 5.73 Å². The molecule has 0 radical (unpaired) electrons. The van der Waals surface area contributed by atoms with Gasteiger partial charge in [0.1, 0.15) is 0 Å². The highest BCUT2D eigenvalue weighted by molar-refractivity contribution is 9.10. The lowest BCUT2D eigenvalue weighted by Crippen LogP contribution is -2.19. The molecule has 0 amide bonds. The van der Waals surface area contributed by atoms with Gasteiger partial charge in [-0.15, -0.1) is 0 Å². The van der Waals surface area contributed by atoms with Crippen LogP contribution in [-0.4, -0.2) is 17.5 Å². The summed E-state index contributed by atoms with van der Waals surface area (Å²) in [6.45, 7) is 0.787. The maximum absolute atomic E-state index is 5.81. The van der Waals surface area contributed by atoms with E-state index in [1.807, 2.05) is 11.8 Å². The van der Waals surface area contributed by atoms with Gasteiger partial charge in [0.05, 0.1) is 0 Å². The van der Waals surface area contributed by atoms with Crippen LogP contribution in [-0.2, 0) is 0 Å². The van der Waals surface area contributed by atoms with E-state index >= 15 is 0 Å². The number of hydrogen-bond acceptors (Lipinski definition) is 2. The third-order valence-electron chi connectivity index (χ3n) is 3.05. The summed E-state index contributed by atoms with van der Waals surface area (Å²) in [6, 6.07) is 8.61. The van der Waals surface area contributed by atoms with Gasteiger partial charge in [-0.2, -0.15) is 11.8 Å². The third-order valence-corrected chi connectivity index (χ3v) is 5.01. The van der Waals surface area contributed by atoms with Gasteiger partial charge in [-0.1, -0.05) is 28.1 Å². The first-order chi connectivity index (χ1) is 6.72. The van der Waals surface area contributed by atoms with Crippen molar-refractivity contribution in [1.29, 1.82) is 0 Å². The summed E-state index contributed by atoms with van der Waals surface area (Å²) < 4.78 is 1.47. The van der Waals surface area contributed by atoms with Crippen LogP contribution in [0.3, 0.4) is 0 Å². The van der Waals surface area contributed by atoms with E-state index in [1.54, 1.807) is 0 Å². The standard InChI is InChI=1S/C11H14BrNS/c1-14-11(7-13)6-10(11)8-2-4-9(12)5-3-8/h2-5,10H,6-7,13H2,1H3. The molecule has 0 spiro atoms. The molecule has 1 nitrogen and oxygen atoms in total. The number of halogens is 1. The molecular weight excluding hydrogens is 258 g/mol. The maximum Gasteiger partial charge on any atom is 0.0354 e. The van der Waals surface area contributed by atoms with E-state index in [-0.39, 0.29) is 0 Å². The molecular formula is C11H14BrNS. The van der Waals surface area contributed by atoms with Crippen molar-refractivity contribution in [2.24, 2.45) is 5.73 Å². The van der Waals surface area contributed by atoms with Crippen LogP contribution in [0, 0.1) is 0 Å². The SMILES string of the molecule is CSC1(CN)CC1c1ccc(Br)cc1. The summed E-state index contributed by atoms with van der Waals surface area (Å²) in [4.78, 5) is 0. The van der Waals surface area contributed by atoms with Crippen LogP contribution in [0.25, 0.3) is 0 Å². The summed E-state index contributed by atoms with van der Waals surface area (Å²) >= 11 is 5.36. The molecule has 1 fully saturated rings. The highest BCUT2D eigenvalue weighted by atomic mass is 79.9. The summed E-state index contributed by atoms with van der Waals surface area (Å²) in [5.74, 6) is 0.663. The van der Waals surface area contributed by atoms with Gasteiger partial charge in [-0.3, -0.25) is 0 Å². The van der Waals surface area contributed by atoms with Crippen LogP contribution >= 0.6 is 27.7 Å². The zero-order chi connectivity index (χ0) is 10.2. The molecule has 3 heteroatoms. The molecule has 14 heavy (non-hydrogen) atoms. The van der Waals surface area contributed by atoms with E-state index < -0.39 is 0 Å². The molecule has 76 valence electrons. The fourth-order valence-electron chi connectivity index (χ4n) is 1.94. The molecule has 2 unspecified atom stereocenters. The number of thioether (sulfide) groups is 1. The van der Waals surface area contributed by atoms with Crippen molar-refractivity contribution in [3.8, 4) is 0 Å². The largest absolute Gasteiger partial charge is 0.329 e. The Morgan fingerprint density at radius 1 is 1.50 bits per heavy atom. The second-order valence-corrected chi connectivity index (χ2v) is 5.92. The minimum absolute atomic E-state index is 0.327. The zero-order valence-electron chi connectivity index (χ0n) is 8.16. The highest BCUT2D eigenvalue weighted by Crippen LogP contribution is 2.58. The fraction of sp³-hybridized carbons (Fsp3) is 0.455. The number of hydrogen-bond donors (Lipinski definition) is 1. The van der Waals surface area contributed by atoms with Crippen LogP contribution in [0.2, 0.25) is 0 Å². The Bertz CT molecular complexity index is 319. The Kier molecular flexibility index (Phi) is 2.91. The molecule has 2 atom stereocenters. The van der Waals surface area contributed by atoms with Gasteiger partial charge in [0.15, 0.2) is 0 Å². The van der Waals surface area contributed by atoms with E-state index in [9.17, 15) is 0 Å². The van der Waals surface area contributed by atoms with Crippen LogP contribution in [0.5, 0.6) is 0 Å². The normalized spacial score (nSPS) is 30.4. The Morgan fingerprint density at radius 3 is 2.57 bits per heavy atom. The van der Waals surface area contributed by atoms with E-state index in [0.29, 0.717) is 10.7 Å². The minimum Gasteiger partial charge on any atom is -0.329 e. The number of nitrogens with two attached hydrogens (primary N) is 1. The molecule has 1 aliphatic carbocycles. The lowest BCUT2D eigenvalue weighted by atomic mass is 10.1. The Hall–Kier alpha value is 0.01000. The molecule has 2 N–H and O–H groups in total. The second-order valence-electron chi connectivity index (χ2n) is 3.78. The highest BCUT2D eigenvalue weighted by Gasteiger charge is 2.53. The van der Waals surface area contributed by atoms with Gasteiger partial charge >= 0.3 is 0 Å². The van der Waals surface area contributed by atoms with Crippen molar-refractivity contribution in [2.75, 3.05) is 12.8 Å². The van der Waals surface area contributed by atoms with Gasteiger partial charge in [0.25, 0.3) is 0 Å². The average Bonchev–Trinajstić information content (AvgIpc) is 2.94. The molecule has 1 aromatic rings.